The van der Waals surface area contributed by atoms with Gasteiger partial charge in [-0.25, -0.2) is 4.52 Å². The second-order valence-electron chi connectivity index (χ2n) is 6.38. The molecule has 3 aromatic heterocycles. The van der Waals surface area contributed by atoms with E-state index in [0.29, 0.717) is 12.1 Å². The Morgan fingerprint density at radius 1 is 1.12 bits per heavy atom. The molecular weight excluding hydrogens is 314 g/mol. The lowest BCUT2D eigenvalue weighted by Gasteiger charge is -2.23. The van der Waals surface area contributed by atoms with Gasteiger partial charge in [-0.15, -0.1) is 0 Å². The zero-order valence-electron chi connectivity index (χ0n) is 14.3. The summed E-state index contributed by atoms with van der Waals surface area (Å²) in [5, 5.41) is 4.28. The van der Waals surface area contributed by atoms with Crippen molar-refractivity contribution in [3.05, 3.63) is 60.2 Å². The summed E-state index contributed by atoms with van der Waals surface area (Å²) in [6.07, 6.45) is 6.33. The van der Waals surface area contributed by atoms with E-state index in [1.807, 2.05) is 48.5 Å². The summed E-state index contributed by atoms with van der Waals surface area (Å²) in [6.45, 7) is 5.26. The van der Waals surface area contributed by atoms with E-state index in [4.69, 9.17) is 0 Å². The second-order valence-corrected chi connectivity index (χ2v) is 6.38. The normalized spacial score (nSPS) is 15.4. The number of amides is 1. The minimum absolute atomic E-state index is 0.0639. The Morgan fingerprint density at radius 2 is 2.04 bits per heavy atom. The highest BCUT2D eigenvalue weighted by atomic mass is 16.2. The van der Waals surface area contributed by atoms with Gasteiger partial charge >= 0.3 is 0 Å². The molecule has 0 bridgehead atoms. The Hall–Kier alpha value is -2.89. The van der Waals surface area contributed by atoms with Crippen molar-refractivity contribution >= 4 is 17.1 Å². The number of carbonyl (C=O) groups excluding carboxylic acids is 1. The molecule has 1 aliphatic rings. The van der Waals surface area contributed by atoms with Gasteiger partial charge in [-0.2, -0.15) is 5.10 Å². The van der Waals surface area contributed by atoms with E-state index in [1.54, 1.807) is 10.7 Å². The molecule has 0 spiro atoms. The molecule has 1 aliphatic heterocycles. The van der Waals surface area contributed by atoms with Crippen molar-refractivity contribution in [1.82, 2.24) is 19.5 Å². The maximum atomic E-state index is 13.0. The van der Waals surface area contributed by atoms with E-state index in [2.05, 4.69) is 21.0 Å². The van der Waals surface area contributed by atoms with E-state index in [1.165, 1.54) is 5.69 Å². The first kappa shape index (κ1) is 15.6. The van der Waals surface area contributed by atoms with Crippen LogP contribution in [0.15, 0.2) is 48.9 Å². The zero-order valence-corrected chi connectivity index (χ0v) is 14.3. The highest BCUT2D eigenvalue weighted by Crippen LogP contribution is 2.19. The van der Waals surface area contributed by atoms with Gasteiger partial charge in [0.25, 0.3) is 5.91 Å². The van der Waals surface area contributed by atoms with E-state index >= 15 is 0 Å². The fourth-order valence-electron chi connectivity index (χ4n) is 3.38. The third-order valence-electron chi connectivity index (χ3n) is 4.69. The van der Waals surface area contributed by atoms with Gasteiger partial charge in [0, 0.05) is 50.0 Å². The monoisotopic (exact) mass is 335 g/mol. The van der Waals surface area contributed by atoms with Crippen molar-refractivity contribution < 1.29 is 4.79 Å². The summed E-state index contributed by atoms with van der Waals surface area (Å²) in [6, 6.07) is 9.92. The van der Waals surface area contributed by atoms with Gasteiger partial charge in [-0.05, 0) is 37.6 Å². The highest BCUT2D eigenvalue weighted by molar-refractivity contribution is 6.00. The summed E-state index contributed by atoms with van der Waals surface area (Å²) in [5.74, 6) is 0.0639. The van der Waals surface area contributed by atoms with Crippen molar-refractivity contribution in [3.8, 4) is 0 Å². The summed E-state index contributed by atoms with van der Waals surface area (Å²) in [7, 11) is 0. The topological polar surface area (TPSA) is 53.7 Å². The van der Waals surface area contributed by atoms with Crippen molar-refractivity contribution in [2.24, 2.45) is 0 Å². The minimum atomic E-state index is 0.0639. The molecule has 4 heterocycles. The molecule has 0 radical (unpaired) electrons. The number of hydrogen-bond acceptors (Lipinski definition) is 4. The largest absolute Gasteiger partial charge is 0.370 e. The molecule has 0 saturated carbocycles. The molecular formula is C19H21N5O. The Kier molecular flexibility index (Phi) is 4.09. The van der Waals surface area contributed by atoms with Gasteiger partial charge in [-0.3, -0.25) is 9.78 Å². The van der Waals surface area contributed by atoms with Crippen molar-refractivity contribution in [3.63, 3.8) is 0 Å². The molecule has 1 fully saturated rings. The fraction of sp³-hybridized carbons (Fsp3) is 0.316. The molecule has 0 aromatic carbocycles. The number of rotatable bonds is 2. The first-order valence-corrected chi connectivity index (χ1v) is 8.61. The number of aromatic nitrogens is 3. The van der Waals surface area contributed by atoms with E-state index in [0.717, 1.165) is 37.3 Å². The van der Waals surface area contributed by atoms with Gasteiger partial charge in [0.05, 0.1) is 17.3 Å². The van der Waals surface area contributed by atoms with Crippen LogP contribution in [0.4, 0.5) is 5.69 Å². The Morgan fingerprint density at radius 3 is 2.92 bits per heavy atom. The number of nitrogens with zero attached hydrogens (tertiary/aromatic N) is 5. The standard InChI is InChI=1S/C19H21N5O/c1-15-13-16(6-7-20-15)22-8-4-9-23(12-11-22)19(25)17-14-21-24-10-3-2-5-18(17)24/h2-3,5-7,10,13-14H,4,8-9,11-12H2,1H3. The van der Waals surface area contributed by atoms with Gasteiger partial charge in [0.2, 0.25) is 0 Å². The lowest BCUT2D eigenvalue weighted by molar-refractivity contribution is 0.0769. The van der Waals surface area contributed by atoms with Crippen molar-refractivity contribution in [1.29, 1.82) is 0 Å². The Balaban J connectivity index is 1.51. The van der Waals surface area contributed by atoms with Crippen LogP contribution < -0.4 is 4.90 Å². The molecule has 128 valence electrons. The van der Waals surface area contributed by atoms with Gasteiger partial charge in [-0.1, -0.05) is 6.07 Å². The van der Waals surface area contributed by atoms with E-state index in [-0.39, 0.29) is 5.91 Å². The molecule has 1 saturated heterocycles. The highest BCUT2D eigenvalue weighted by Gasteiger charge is 2.23. The third kappa shape index (κ3) is 3.07. The minimum Gasteiger partial charge on any atom is -0.370 e. The van der Waals surface area contributed by atoms with E-state index in [9.17, 15) is 4.79 Å². The average molecular weight is 335 g/mol. The molecule has 0 aliphatic carbocycles. The van der Waals surface area contributed by atoms with Gasteiger partial charge < -0.3 is 9.80 Å². The third-order valence-corrected chi connectivity index (χ3v) is 4.69. The lowest BCUT2D eigenvalue weighted by atomic mass is 10.2. The molecule has 4 rings (SSSR count). The SMILES string of the molecule is Cc1cc(N2CCCN(C(=O)c3cnn4ccccc34)CC2)ccn1. The predicted molar refractivity (Wildman–Crippen MR) is 96.9 cm³/mol. The summed E-state index contributed by atoms with van der Waals surface area (Å²) in [4.78, 5) is 21.5. The van der Waals surface area contributed by atoms with Crippen LogP contribution in [0.2, 0.25) is 0 Å². The van der Waals surface area contributed by atoms with Crippen LogP contribution >= 0.6 is 0 Å². The van der Waals surface area contributed by atoms with Crippen molar-refractivity contribution in [2.75, 3.05) is 31.1 Å². The van der Waals surface area contributed by atoms with Crippen LogP contribution in [0.3, 0.4) is 0 Å². The second kappa shape index (κ2) is 6.55. The summed E-state index contributed by atoms with van der Waals surface area (Å²) < 4.78 is 1.75. The predicted octanol–water partition coefficient (Wildman–Crippen LogP) is 2.39. The molecule has 6 heteroatoms. The zero-order chi connectivity index (χ0) is 17.2. The van der Waals surface area contributed by atoms with Crippen LogP contribution in [-0.4, -0.2) is 51.6 Å². The quantitative estimate of drug-likeness (QED) is 0.722. The number of carbonyl (C=O) groups is 1. The molecule has 25 heavy (non-hydrogen) atoms. The molecule has 3 aromatic rings. The fourth-order valence-corrected chi connectivity index (χ4v) is 3.38. The lowest BCUT2D eigenvalue weighted by Crippen LogP contribution is -2.35. The van der Waals surface area contributed by atoms with Crippen molar-refractivity contribution in [2.45, 2.75) is 13.3 Å². The number of anilines is 1. The first-order valence-electron chi connectivity index (χ1n) is 8.61. The smallest absolute Gasteiger partial charge is 0.257 e. The Bertz CT molecular complexity index is 903. The maximum Gasteiger partial charge on any atom is 0.257 e. The molecule has 0 N–H and O–H groups in total. The molecule has 0 unspecified atom stereocenters. The number of pyridine rings is 2. The van der Waals surface area contributed by atoms with Crippen LogP contribution in [0.25, 0.3) is 5.52 Å². The number of aryl methyl sites for hydroxylation is 1. The first-order chi connectivity index (χ1) is 12.2. The summed E-state index contributed by atoms with van der Waals surface area (Å²) in [5.41, 5.74) is 3.73. The molecule has 1 amide bonds. The number of fused-ring (bicyclic) bond motifs is 1. The van der Waals surface area contributed by atoms with Crippen LogP contribution in [0.5, 0.6) is 0 Å². The average Bonchev–Trinajstić information content (AvgIpc) is 2.90. The number of hydrogen-bond donors (Lipinski definition) is 0. The molecule has 6 nitrogen and oxygen atoms in total. The Labute approximate surface area is 146 Å². The van der Waals surface area contributed by atoms with E-state index < -0.39 is 0 Å². The van der Waals surface area contributed by atoms with Gasteiger partial charge in [0.1, 0.15) is 0 Å². The van der Waals surface area contributed by atoms with Crippen LogP contribution in [0.1, 0.15) is 22.5 Å². The van der Waals surface area contributed by atoms with Crippen LogP contribution in [-0.2, 0) is 0 Å². The summed E-state index contributed by atoms with van der Waals surface area (Å²) >= 11 is 0. The van der Waals surface area contributed by atoms with Gasteiger partial charge in [0.15, 0.2) is 0 Å². The maximum absolute atomic E-state index is 13.0. The van der Waals surface area contributed by atoms with Crippen LogP contribution in [0, 0.1) is 6.92 Å². The molecule has 0 atom stereocenters.